The summed E-state index contributed by atoms with van der Waals surface area (Å²) in [5, 5.41) is 2.77. The first-order chi connectivity index (χ1) is 10.1. The standard InChI is InChI=1S/C15H15BrN2O2S/c1-21-14-5-3-2-4-13(14)20-9-15(19)18-12-7-6-10(17)8-11(12)16/h2-8H,9,17H2,1H3,(H,18,19). The second-order valence-corrected chi connectivity index (χ2v) is 5.93. The summed E-state index contributed by atoms with van der Waals surface area (Å²) in [5.74, 6) is 0.480. The molecule has 0 atom stereocenters. The van der Waals surface area contributed by atoms with Crippen molar-refractivity contribution in [2.75, 3.05) is 23.9 Å². The fourth-order valence-corrected chi connectivity index (χ4v) is 2.74. The molecule has 0 bridgehead atoms. The number of halogens is 1. The number of hydrogen-bond acceptors (Lipinski definition) is 4. The molecule has 3 N–H and O–H groups in total. The molecule has 0 radical (unpaired) electrons. The fourth-order valence-electron chi connectivity index (χ4n) is 1.70. The van der Waals surface area contributed by atoms with Crippen molar-refractivity contribution < 1.29 is 9.53 Å². The van der Waals surface area contributed by atoms with Gasteiger partial charge in [0.15, 0.2) is 6.61 Å². The molecule has 0 fully saturated rings. The van der Waals surface area contributed by atoms with Gasteiger partial charge in [0.2, 0.25) is 0 Å². The number of rotatable bonds is 5. The van der Waals surface area contributed by atoms with Crippen LogP contribution in [0.5, 0.6) is 5.75 Å². The van der Waals surface area contributed by atoms with Gasteiger partial charge in [-0.3, -0.25) is 4.79 Å². The highest BCUT2D eigenvalue weighted by Gasteiger charge is 2.08. The fraction of sp³-hybridized carbons (Fsp3) is 0.133. The van der Waals surface area contributed by atoms with E-state index in [9.17, 15) is 4.79 Å². The molecular formula is C15H15BrN2O2S. The normalized spacial score (nSPS) is 10.2. The van der Waals surface area contributed by atoms with E-state index >= 15 is 0 Å². The third-order valence-electron chi connectivity index (χ3n) is 2.70. The van der Waals surface area contributed by atoms with Crippen LogP contribution in [0.3, 0.4) is 0 Å². The smallest absolute Gasteiger partial charge is 0.262 e. The molecule has 2 rings (SSSR count). The SMILES string of the molecule is CSc1ccccc1OCC(=O)Nc1ccc(N)cc1Br. The first kappa shape index (κ1) is 15.7. The summed E-state index contributed by atoms with van der Waals surface area (Å²) < 4.78 is 6.29. The van der Waals surface area contributed by atoms with E-state index in [1.165, 1.54) is 0 Å². The van der Waals surface area contributed by atoms with Crippen molar-refractivity contribution in [3.05, 3.63) is 46.9 Å². The number of nitrogens with two attached hydrogens (primary N) is 1. The molecule has 6 heteroatoms. The zero-order valence-corrected chi connectivity index (χ0v) is 13.8. The van der Waals surface area contributed by atoms with Crippen LogP contribution in [0.15, 0.2) is 51.8 Å². The minimum absolute atomic E-state index is 0.0472. The van der Waals surface area contributed by atoms with Crippen LogP contribution in [0.1, 0.15) is 0 Å². The summed E-state index contributed by atoms with van der Waals surface area (Å²) >= 11 is 4.93. The van der Waals surface area contributed by atoms with Crippen LogP contribution in [-0.2, 0) is 4.79 Å². The van der Waals surface area contributed by atoms with Gasteiger partial charge >= 0.3 is 0 Å². The highest BCUT2D eigenvalue weighted by molar-refractivity contribution is 9.10. The third kappa shape index (κ3) is 4.41. The van der Waals surface area contributed by atoms with Crippen molar-refractivity contribution in [1.29, 1.82) is 0 Å². The summed E-state index contributed by atoms with van der Waals surface area (Å²) in [6, 6.07) is 12.8. The Morgan fingerprint density at radius 2 is 2.10 bits per heavy atom. The number of hydrogen-bond donors (Lipinski definition) is 2. The number of para-hydroxylation sites is 1. The lowest BCUT2D eigenvalue weighted by atomic mass is 10.3. The quantitative estimate of drug-likeness (QED) is 0.624. The van der Waals surface area contributed by atoms with Crippen molar-refractivity contribution >= 4 is 45.0 Å². The lowest BCUT2D eigenvalue weighted by molar-refractivity contribution is -0.118. The number of thioether (sulfide) groups is 1. The predicted octanol–water partition coefficient (Wildman–Crippen LogP) is 3.77. The van der Waals surface area contributed by atoms with Crippen molar-refractivity contribution in [2.24, 2.45) is 0 Å². The zero-order valence-electron chi connectivity index (χ0n) is 11.4. The van der Waals surface area contributed by atoms with E-state index in [1.807, 2.05) is 30.5 Å². The maximum Gasteiger partial charge on any atom is 0.262 e. The highest BCUT2D eigenvalue weighted by Crippen LogP contribution is 2.27. The molecule has 0 aromatic heterocycles. The van der Waals surface area contributed by atoms with E-state index in [0.717, 1.165) is 9.37 Å². The summed E-state index contributed by atoms with van der Waals surface area (Å²) in [4.78, 5) is 12.9. The third-order valence-corrected chi connectivity index (χ3v) is 4.13. The Morgan fingerprint density at radius 3 is 2.81 bits per heavy atom. The van der Waals surface area contributed by atoms with Crippen LogP contribution >= 0.6 is 27.7 Å². The topological polar surface area (TPSA) is 64.3 Å². The second-order valence-electron chi connectivity index (χ2n) is 4.23. The van der Waals surface area contributed by atoms with Gasteiger partial charge in [-0.25, -0.2) is 0 Å². The molecule has 21 heavy (non-hydrogen) atoms. The molecule has 0 aliphatic rings. The number of anilines is 2. The van der Waals surface area contributed by atoms with E-state index in [1.54, 1.807) is 30.0 Å². The first-order valence-electron chi connectivity index (χ1n) is 6.21. The minimum atomic E-state index is -0.226. The number of amides is 1. The number of carbonyl (C=O) groups is 1. The number of carbonyl (C=O) groups excluding carboxylic acids is 1. The van der Waals surface area contributed by atoms with Crippen molar-refractivity contribution in [3.8, 4) is 5.75 Å². The molecule has 4 nitrogen and oxygen atoms in total. The largest absolute Gasteiger partial charge is 0.483 e. The Kier molecular flexibility index (Phi) is 5.52. The van der Waals surface area contributed by atoms with Crippen LogP contribution in [0.25, 0.3) is 0 Å². The van der Waals surface area contributed by atoms with Gasteiger partial charge in [-0.15, -0.1) is 11.8 Å². The first-order valence-corrected chi connectivity index (χ1v) is 8.22. The van der Waals surface area contributed by atoms with Gasteiger partial charge in [-0.05, 0) is 52.5 Å². The van der Waals surface area contributed by atoms with Gasteiger partial charge in [0.25, 0.3) is 5.91 Å². The summed E-state index contributed by atoms with van der Waals surface area (Å²) in [6.07, 6.45) is 1.97. The molecule has 2 aromatic carbocycles. The number of benzene rings is 2. The van der Waals surface area contributed by atoms with Crippen molar-refractivity contribution in [3.63, 3.8) is 0 Å². The number of ether oxygens (including phenoxy) is 1. The molecule has 0 heterocycles. The maximum absolute atomic E-state index is 11.9. The van der Waals surface area contributed by atoms with Crippen LogP contribution in [0.4, 0.5) is 11.4 Å². The van der Waals surface area contributed by atoms with E-state index in [0.29, 0.717) is 17.1 Å². The molecule has 0 aliphatic heterocycles. The Balaban J connectivity index is 1.96. The Hall–Kier alpha value is -1.66. The van der Waals surface area contributed by atoms with E-state index in [2.05, 4.69) is 21.2 Å². The minimum Gasteiger partial charge on any atom is -0.483 e. The van der Waals surface area contributed by atoms with Gasteiger partial charge in [-0.1, -0.05) is 12.1 Å². The summed E-state index contributed by atoms with van der Waals surface area (Å²) in [5.41, 5.74) is 6.95. The van der Waals surface area contributed by atoms with E-state index in [4.69, 9.17) is 10.5 Å². The molecule has 0 saturated heterocycles. The monoisotopic (exact) mass is 366 g/mol. The lowest BCUT2D eigenvalue weighted by Gasteiger charge is -2.11. The van der Waals surface area contributed by atoms with Gasteiger partial charge < -0.3 is 15.8 Å². The summed E-state index contributed by atoms with van der Waals surface area (Å²) in [6.45, 7) is -0.0472. The van der Waals surface area contributed by atoms with Crippen LogP contribution in [0.2, 0.25) is 0 Å². The Morgan fingerprint density at radius 1 is 1.33 bits per heavy atom. The van der Waals surface area contributed by atoms with Crippen LogP contribution in [0, 0.1) is 0 Å². The lowest BCUT2D eigenvalue weighted by Crippen LogP contribution is -2.20. The molecule has 2 aromatic rings. The molecule has 0 saturated carbocycles. The van der Waals surface area contributed by atoms with Crippen molar-refractivity contribution in [1.82, 2.24) is 0 Å². The molecule has 0 unspecified atom stereocenters. The van der Waals surface area contributed by atoms with Gasteiger partial charge in [0.05, 0.1) is 5.69 Å². The predicted molar refractivity (Wildman–Crippen MR) is 90.9 cm³/mol. The molecule has 1 amide bonds. The van der Waals surface area contributed by atoms with Crippen LogP contribution < -0.4 is 15.8 Å². The van der Waals surface area contributed by atoms with E-state index < -0.39 is 0 Å². The molecular weight excluding hydrogens is 352 g/mol. The Bertz CT molecular complexity index is 649. The van der Waals surface area contributed by atoms with Crippen molar-refractivity contribution in [2.45, 2.75) is 4.90 Å². The molecule has 110 valence electrons. The van der Waals surface area contributed by atoms with Gasteiger partial charge in [0, 0.05) is 15.1 Å². The Labute approximate surface area is 136 Å². The second kappa shape index (κ2) is 7.38. The maximum atomic E-state index is 11.9. The number of nitrogen functional groups attached to an aromatic ring is 1. The average Bonchev–Trinajstić information content (AvgIpc) is 2.48. The van der Waals surface area contributed by atoms with E-state index in [-0.39, 0.29) is 12.5 Å². The zero-order chi connectivity index (χ0) is 15.2. The number of nitrogens with one attached hydrogen (secondary N) is 1. The van der Waals surface area contributed by atoms with Crippen LogP contribution in [-0.4, -0.2) is 18.8 Å². The van der Waals surface area contributed by atoms with Gasteiger partial charge in [0.1, 0.15) is 5.75 Å². The van der Waals surface area contributed by atoms with Gasteiger partial charge in [-0.2, -0.15) is 0 Å². The molecule has 0 spiro atoms. The average molecular weight is 367 g/mol. The highest BCUT2D eigenvalue weighted by atomic mass is 79.9. The summed E-state index contributed by atoms with van der Waals surface area (Å²) in [7, 11) is 0. The molecule has 0 aliphatic carbocycles.